The number of nitrogens with zero attached hydrogens (tertiary/aromatic N) is 1. The lowest BCUT2D eigenvalue weighted by molar-refractivity contribution is -0.0370. The molecule has 1 rings (SSSR count). The third-order valence-corrected chi connectivity index (χ3v) is 2.85. The molecule has 1 saturated heterocycles. The molecule has 1 fully saturated rings. The van der Waals surface area contributed by atoms with Crippen LogP contribution in [0, 0.1) is 17.2 Å². The first-order valence-electron chi connectivity index (χ1n) is 4.85. The van der Waals surface area contributed by atoms with Gasteiger partial charge in [0.15, 0.2) is 0 Å². The van der Waals surface area contributed by atoms with Gasteiger partial charge in [-0.2, -0.15) is 5.26 Å². The highest BCUT2D eigenvalue weighted by Gasteiger charge is 2.36. The van der Waals surface area contributed by atoms with Crippen LogP contribution in [0.5, 0.6) is 0 Å². The van der Waals surface area contributed by atoms with Gasteiger partial charge in [-0.3, -0.25) is 0 Å². The number of hydrogen-bond donors (Lipinski definition) is 1. The summed E-state index contributed by atoms with van der Waals surface area (Å²) in [6.45, 7) is 4.96. The molecule has 0 aromatic heterocycles. The Labute approximate surface area is 80.1 Å². The van der Waals surface area contributed by atoms with Gasteiger partial charge in [0.1, 0.15) is 5.54 Å². The first-order valence-corrected chi connectivity index (χ1v) is 4.85. The standard InChI is InChI=1S/C10H18N2O/c1-8(2)9-6-10(7-11,12-3)4-5-13-9/h8-9,12H,4-6H2,1-3H3. The van der Waals surface area contributed by atoms with Gasteiger partial charge in [0.2, 0.25) is 0 Å². The van der Waals surface area contributed by atoms with Crippen molar-refractivity contribution in [2.75, 3.05) is 13.7 Å². The minimum atomic E-state index is -0.354. The highest BCUT2D eigenvalue weighted by atomic mass is 16.5. The van der Waals surface area contributed by atoms with Crippen LogP contribution in [0.3, 0.4) is 0 Å². The summed E-state index contributed by atoms with van der Waals surface area (Å²) in [5.41, 5.74) is -0.354. The minimum Gasteiger partial charge on any atom is -0.378 e. The predicted molar refractivity (Wildman–Crippen MR) is 51.2 cm³/mol. The molecule has 0 amide bonds. The molecular formula is C10H18N2O. The van der Waals surface area contributed by atoms with Crippen LogP contribution in [0.15, 0.2) is 0 Å². The summed E-state index contributed by atoms with van der Waals surface area (Å²) < 4.78 is 5.61. The molecule has 13 heavy (non-hydrogen) atoms. The summed E-state index contributed by atoms with van der Waals surface area (Å²) in [6, 6.07) is 2.36. The van der Waals surface area contributed by atoms with Gasteiger partial charge in [0.25, 0.3) is 0 Å². The Morgan fingerprint density at radius 2 is 2.31 bits per heavy atom. The second kappa shape index (κ2) is 4.08. The Morgan fingerprint density at radius 1 is 1.62 bits per heavy atom. The maximum absolute atomic E-state index is 9.07. The molecule has 1 aliphatic rings. The van der Waals surface area contributed by atoms with E-state index in [0.717, 1.165) is 12.8 Å². The van der Waals surface area contributed by atoms with Crippen LogP contribution in [0.1, 0.15) is 26.7 Å². The average Bonchev–Trinajstić information content (AvgIpc) is 2.18. The van der Waals surface area contributed by atoms with Crippen LogP contribution in [0.2, 0.25) is 0 Å². The molecule has 0 radical (unpaired) electrons. The molecule has 1 heterocycles. The van der Waals surface area contributed by atoms with Crippen molar-refractivity contribution in [3.8, 4) is 6.07 Å². The highest BCUT2D eigenvalue weighted by molar-refractivity contribution is 5.09. The third kappa shape index (κ3) is 2.20. The van der Waals surface area contributed by atoms with Crippen LogP contribution in [-0.2, 0) is 4.74 Å². The van der Waals surface area contributed by atoms with E-state index in [2.05, 4.69) is 25.2 Å². The first kappa shape index (κ1) is 10.5. The molecule has 0 aromatic carbocycles. The lowest BCUT2D eigenvalue weighted by Crippen LogP contribution is -2.50. The maximum Gasteiger partial charge on any atom is 0.111 e. The van der Waals surface area contributed by atoms with Gasteiger partial charge in [-0.15, -0.1) is 0 Å². The molecule has 2 atom stereocenters. The van der Waals surface area contributed by atoms with Crippen LogP contribution in [0.25, 0.3) is 0 Å². The molecule has 0 spiro atoms. The quantitative estimate of drug-likeness (QED) is 0.700. The average molecular weight is 182 g/mol. The lowest BCUT2D eigenvalue weighted by Gasteiger charge is -2.37. The largest absolute Gasteiger partial charge is 0.378 e. The minimum absolute atomic E-state index is 0.223. The monoisotopic (exact) mass is 182 g/mol. The zero-order valence-electron chi connectivity index (χ0n) is 8.63. The zero-order valence-corrected chi connectivity index (χ0v) is 8.63. The molecule has 2 unspecified atom stereocenters. The summed E-state index contributed by atoms with van der Waals surface area (Å²) in [7, 11) is 1.85. The normalized spacial score (nSPS) is 34.5. The summed E-state index contributed by atoms with van der Waals surface area (Å²) >= 11 is 0. The highest BCUT2D eigenvalue weighted by Crippen LogP contribution is 2.27. The van der Waals surface area contributed by atoms with Crippen molar-refractivity contribution in [1.82, 2.24) is 5.32 Å². The van der Waals surface area contributed by atoms with Gasteiger partial charge in [0, 0.05) is 19.4 Å². The van der Waals surface area contributed by atoms with E-state index in [1.807, 2.05) is 7.05 Å². The summed E-state index contributed by atoms with van der Waals surface area (Å²) in [5, 5.41) is 12.2. The van der Waals surface area contributed by atoms with Gasteiger partial charge >= 0.3 is 0 Å². The van der Waals surface area contributed by atoms with Crippen molar-refractivity contribution in [2.45, 2.75) is 38.3 Å². The second-order valence-electron chi connectivity index (χ2n) is 4.05. The fourth-order valence-electron chi connectivity index (χ4n) is 1.70. The fraction of sp³-hybridized carbons (Fsp3) is 0.900. The van der Waals surface area contributed by atoms with Crippen molar-refractivity contribution in [1.29, 1.82) is 5.26 Å². The van der Waals surface area contributed by atoms with E-state index in [4.69, 9.17) is 10.00 Å². The van der Waals surface area contributed by atoms with E-state index in [0.29, 0.717) is 12.5 Å². The topological polar surface area (TPSA) is 45.0 Å². The Bertz CT molecular complexity index is 209. The van der Waals surface area contributed by atoms with Gasteiger partial charge < -0.3 is 10.1 Å². The summed E-state index contributed by atoms with van der Waals surface area (Å²) in [5.74, 6) is 0.487. The van der Waals surface area contributed by atoms with Gasteiger partial charge in [-0.25, -0.2) is 0 Å². The van der Waals surface area contributed by atoms with Crippen molar-refractivity contribution >= 4 is 0 Å². The Kier molecular flexibility index (Phi) is 3.29. The van der Waals surface area contributed by atoms with Gasteiger partial charge in [-0.1, -0.05) is 13.8 Å². The third-order valence-electron chi connectivity index (χ3n) is 2.85. The van der Waals surface area contributed by atoms with Crippen molar-refractivity contribution in [3.63, 3.8) is 0 Å². The molecule has 1 aliphatic heterocycles. The molecular weight excluding hydrogens is 164 g/mol. The van der Waals surface area contributed by atoms with Crippen molar-refractivity contribution in [3.05, 3.63) is 0 Å². The van der Waals surface area contributed by atoms with Crippen molar-refractivity contribution in [2.24, 2.45) is 5.92 Å². The SMILES string of the molecule is CNC1(C#N)CCOC(C(C)C)C1. The lowest BCUT2D eigenvalue weighted by atomic mass is 9.84. The van der Waals surface area contributed by atoms with Crippen LogP contribution >= 0.6 is 0 Å². The molecule has 3 nitrogen and oxygen atoms in total. The second-order valence-corrected chi connectivity index (χ2v) is 4.05. The maximum atomic E-state index is 9.07. The number of rotatable bonds is 2. The number of hydrogen-bond acceptors (Lipinski definition) is 3. The van der Waals surface area contributed by atoms with E-state index < -0.39 is 0 Å². The van der Waals surface area contributed by atoms with Crippen LogP contribution in [0.4, 0.5) is 0 Å². The molecule has 3 heteroatoms. The Balaban J connectivity index is 2.65. The molecule has 0 bridgehead atoms. The zero-order chi connectivity index (χ0) is 9.90. The molecule has 0 aromatic rings. The number of nitrogens with one attached hydrogen (secondary N) is 1. The molecule has 0 saturated carbocycles. The van der Waals surface area contributed by atoms with Crippen molar-refractivity contribution < 1.29 is 4.74 Å². The summed E-state index contributed by atoms with van der Waals surface area (Å²) in [4.78, 5) is 0. The molecule has 0 aliphatic carbocycles. The van der Waals surface area contributed by atoms with E-state index in [9.17, 15) is 0 Å². The van der Waals surface area contributed by atoms with Gasteiger partial charge in [-0.05, 0) is 13.0 Å². The number of ether oxygens (including phenoxy) is 1. The first-order chi connectivity index (χ1) is 6.13. The Morgan fingerprint density at radius 3 is 2.77 bits per heavy atom. The van der Waals surface area contributed by atoms with Gasteiger partial charge in [0.05, 0.1) is 12.2 Å². The van der Waals surface area contributed by atoms with Crippen LogP contribution in [-0.4, -0.2) is 25.3 Å². The molecule has 1 N–H and O–H groups in total. The Hall–Kier alpha value is -0.590. The van der Waals surface area contributed by atoms with E-state index in [1.54, 1.807) is 0 Å². The predicted octanol–water partition coefficient (Wildman–Crippen LogP) is 1.30. The number of nitriles is 1. The van der Waals surface area contributed by atoms with E-state index >= 15 is 0 Å². The van der Waals surface area contributed by atoms with E-state index in [-0.39, 0.29) is 11.6 Å². The van der Waals surface area contributed by atoms with Crippen LogP contribution < -0.4 is 5.32 Å². The fourth-order valence-corrected chi connectivity index (χ4v) is 1.70. The molecule has 74 valence electrons. The summed E-state index contributed by atoms with van der Waals surface area (Å²) in [6.07, 6.45) is 1.82. The van der Waals surface area contributed by atoms with E-state index in [1.165, 1.54) is 0 Å². The smallest absolute Gasteiger partial charge is 0.111 e.